The molecule has 1 saturated heterocycles. The van der Waals surface area contributed by atoms with E-state index in [0.717, 1.165) is 5.56 Å². The number of nitrogens with one attached hydrogen (secondary N) is 1. The van der Waals surface area contributed by atoms with Crippen LogP contribution in [0.25, 0.3) is 11.5 Å². The summed E-state index contributed by atoms with van der Waals surface area (Å²) < 4.78 is 10.9. The van der Waals surface area contributed by atoms with E-state index in [1.54, 1.807) is 4.90 Å². The van der Waals surface area contributed by atoms with Crippen molar-refractivity contribution in [1.29, 1.82) is 0 Å². The Morgan fingerprint density at radius 3 is 2.70 bits per heavy atom. The molecule has 122 valence electrons. The van der Waals surface area contributed by atoms with Gasteiger partial charge in [-0.3, -0.25) is 0 Å². The lowest BCUT2D eigenvalue weighted by Gasteiger charge is -2.26. The van der Waals surface area contributed by atoms with E-state index in [4.69, 9.17) is 9.15 Å². The second kappa shape index (κ2) is 7.23. The van der Waals surface area contributed by atoms with Crippen molar-refractivity contribution in [3.63, 3.8) is 0 Å². The molecule has 7 nitrogen and oxygen atoms in total. The largest absolute Gasteiger partial charge is 0.421 e. The van der Waals surface area contributed by atoms with Crippen LogP contribution in [-0.2, 0) is 11.2 Å². The van der Waals surface area contributed by atoms with E-state index >= 15 is 0 Å². The number of aromatic nitrogens is 2. The molecule has 0 radical (unpaired) electrons. The van der Waals surface area contributed by atoms with Crippen LogP contribution in [0.4, 0.5) is 4.79 Å². The molecule has 1 aromatic carbocycles. The van der Waals surface area contributed by atoms with Gasteiger partial charge in [-0.2, -0.15) is 0 Å². The summed E-state index contributed by atoms with van der Waals surface area (Å²) in [6.07, 6.45) is 0.509. The van der Waals surface area contributed by atoms with Crippen molar-refractivity contribution in [2.45, 2.75) is 13.3 Å². The van der Waals surface area contributed by atoms with Gasteiger partial charge in [0.2, 0.25) is 11.8 Å². The second-order valence-corrected chi connectivity index (χ2v) is 5.45. The summed E-state index contributed by atoms with van der Waals surface area (Å²) in [5, 5.41) is 10.9. The van der Waals surface area contributed by atoms with E-state index in [2.05, 4.69) is 15.5 Å². The molecule has 0 unspecified atom stereocenters. The van der Waals surface area contributed by atoms with Crippen LogP contribution < -0.4 is 5.32 Å². The molecule has 2 heterocycles. The Bertz CT molecular complexity index is 648. The predicted octanol–water partition coefficient (Wildman–Crippen LogP) is 1.63. The number of urea groups is 1. The maximum atomic E-state index is 11.9. The number of nitrogens with zero attached hydrogens (tertiary/aromatic N) is 3. The van der Waals surface area contributed by atoms with Gasteiger partial charge >= 0.3 is 6.03 Å². The number of aryl methyl sites for hydroxylation is 1. The van der Waals surface area contributed by atoms with Crippen LogP contribution >= 0.6 is 0 Å². The molecule has 23 heavy (non-hydrogen) atoms. The van der Waals surface area contributed by atoms with Crippen molar-refractivity contribution in [3.05, 3.63) is 35.7 Å². The van der Waals surface area contributed by atoms with Gasteiger partial charge in [-0.1, -0.05) is 17.7 Å². The summed E-state index contributed by atoms with van der Waals surface area (Å²) in [5.41, 5.74) is 2.08. The fourth-order valence-electron chi connectivity index (χ4n) is 2.32. The predicted molar refractivity (Wildman–Crippen MR) is 84.0 cm³/mol. The van der Waals surface area contributed by atoms with Crippen LogP contribution in [0, 0.1) is 6.92 Å². The zero-order chi connectivity index (χ0) is 16.1. The summed E-state index contributed by atoms with van der Waals surface area (Å²) in [6.45, 7) is 4.94. The molecule has 0 atom stereocenters. The number of hydrogen-bond acceptors (Lipinski definition) is 5. The molecule has 2 aromatic rings. The molecule has 0 bridgehead atoms. The minimum absolute atomic E-state index is 0.0772. The van der Waals surface area contributed by atoms with Gasteiger partial charge in [0.15, 0.2) is 0 Å². The maximum absolute atomic E-state index is 11.9. The molecule has 0 spiro atoms. The molecule has 1 aliphatic heterocycles. The van der Waals surface area contributed by atoms with E-state index in [-0.39, 0.29) is 6.03 Å². The molecule has 0 saturated carbocycles. The Balaban J connectivity index is 1.49. The normalized spacial score (nSPS) is 14.7. The maximum Gasteiger partial charge on any atom is 0.317 e. The van der Waals surface area contributed by atoms with E-state index in [0.29, 0.717) is 51.1 Å². The first kappa shape index (κ1) is 15.5. The van der Waals surface area contributed by atoms with Gasteiger partial charge in [-0.15, -0.1) is 10.2 Å². The third-order valence-corrected chi connectivity index (χ3v) is 3.68. The average Bonchev–Trinajstić information content (AvgIpc) is 3.05. The Hall–Kier alpha value is -2.41. The molecular formula is C16H20N4O3. The Labute approximate surface area is 134 Å². The first-order valence-corrected chi connectivity index (χ1v) is 7.72. The Kier molecular flexibility index (Phi) is 4.87. The zero-order valence-electron chi connectivity index (χ0n) is 13.1. The lowest BCUT2D eigenvalue weighted by atomic mass is 10.1. The van der Waals surface area contributed by atoms with Crippen LogP contribution in [0.15, 0.2) is 28.7 Å². The molecule has 1 aromatic heterocycles. The van der Waals surface area contributed by atoms with Crippen molar-refractivity contribution in [1.82, 2.24) is 20.4 Å². The number of ether oxygens (including phenoxy) is 1. The van der Waals surface area contributed by atoms with Crippen molar-refractivity contribution in [3.8, 4) is 11.5 Å². The van der Waals surface area contributed by atoms with Crippen LogP contribution in [0.2, 0.25) is 0 Å². The lowest BCUT2D eigenvalue weighted by Crippen LogP contribution is -2.46. The Morgan fingerprint density at radius 1 is 1.22 bits per heavy atom. The zero-order valence-corrected chi connectivity index (χ0v) is 13.1. The number of carbonyl (C=O) groups excluding carboxylic acids is 1. The topological polar surface area (TPSA) is 80.5 Å². The van der Waals surface area contributed by atoms with Crippen LogP contribution in [0.3, 0.4) is 0 Å². The number of amides is 2. The number of rotatable bonds is 4. The highest BCUT2D eigenvalue weighted by Crippen LogP contribution is 2.18. The monoisotopic (exact) mass is 316 g/mol. The molecular weight excluding hydrogens is 296 g/mol. The summed E-state index contributed by atoms with van der Waals surface area (Å²) in [6, 6.07) is 7.83. The highest BCUT2D eigenvalue weighted by atomic mass is 16.5. The first-order chi connectivity index (χ1) is 11.2. The smallest absolute Gasteiger partial charge is 0.317 e. The van der Waals surface area contributed by atoms with Gasteiger partial charge in [0, 0.05) is 31.6 Å². The van der Waals surface area contributed by atoms with Gasteiger partial charge in [0.1, 0.15) is 0 Å². The lowest BCUT2D eigenvalue weighted by molar-refractivity contribution is 0.0532. The average molecular weight is 316 g/mol. The van der Waals surface area contributed by atoms with Crippen LogP contribution in [-0.4, -0.2) is 54.0 Å². The third kappa shape index (κ3) is 4.07. The number of hydrogen-bond donors (Lipinski definition) is 1. The van der Waals surface area contributed by atoms with Gasteiger partial charge in [0.25, 0.3) is 0 Å². The van der Waals surface area contributed by atoms with Crippen molar-refractivity contribution in [2.24, 2.45) is 0 Å². The minimum Gasteiger partial charge on any atom is -0.421 e. The molecule has 0 aliphatic carbocycles. The highest BCUT2D eigenvalue weighted by Gasteiger charge is 2.16. The molecule has 3 rings (SSSR count). The second-order valence-electron chi connectivity index (χ2n) is 5.45. The van der Waals surface area contributed by atoms with Gasteiger partial charge in [0.05, 0.1) is 13.2 Å². The fourth-order valence-corrected chi connectivity index (χ4v) is 2.32. The number of benzene rings is 1. The van der Waals surface area contributed by atoms with Crippen LogP contribution in [0.5, 0.6) is 0 Å². The van der Waals surface area contributed by atoms with Crippen molar-refractivity contribution < 1.29 is 13.9 Å². The van der Waals surface area contributed by atoms with Crippen molar-refractivity contribution in [2.75, 3.05) is 32.8 Å². The fraction of sp³-hybridized carbons (Fsp3) is 0.438. The third-order valence-electron chi connectivity index (χ3n) is 3.68. The van der Waals surface area contributed by atoms with E-state index in [1.165, 1.54) is 5.56 Å². The van der Waals surface area contributed by atoms with E-state index < -0.39 is 0 Å². The van der Waals surface area contributed by atoms with E-state index in [1.807, 2.05) is 31.2 Å². The summed E-state index contributed by atoms with van der Waals surface area (Å²) in [7, 11) is 0. The van der Waals surface area contributed by atoms with Gasteiger partial charge in [-0.05, 0) is 19.1 Å². The summed E-state index contributed by atoms with van der Waals surface area (Å²) >= 11 is 0. The quantitative estimate of drug-likeness (QED) is 0.927. The SMILES string of the molecule is Cc1ccc(-c2nnc(CCNC(=O)N3CCOCC3)o2)cc1. The minimum atomic E-state index is -0.0772. The molecule has 1 N–H and O–H groups in total. The number of morpholine rings is 1. The molecule has 1 fully saturated rings. The van der Waals surface area contributed by atoms with Gasteiger partial charge in [-0.25, -0.2) is 4.79 Å². The van der Waals surface area contributed by atoms with Crippen LogP contribution in [0.1, 0.15) is 11.5 Å². The number of carbonyl (C=O) groups is 1. The Morgan fingerprint density at radius 2 is 1.96 bits per heavy atom. The summed E-state index contributed by atoms with van der Waals surface area (Å²) in [5.74, 6) is 1.02. The molecule has 2 amide bonds. The first-order valence-electron chi connectivity index (χ1n) is 7.72. The highest BCUT2D eigenvalue weighted by molar-refractivity contribution is 5.74. The van der Waals surface area contributed by atoms with Crippen molar-refractivity contribution >= 4 is 6.03 Å². The van der Waals surface area contributed by atoms with E-state index in [9.17, 15) is 4.79 Å². The standard InChI is InChI=1S/C16H20N4O3/c1-12-2-4-13(5-3-12)15-19-18-14(23-15)6-7-17-16(21)20-8-10-22-11-9-20/h2-5H,6-11H2,1H3,(H,17,21). The molecule has 7 heteroatoms. The summed E-state index contributed by atoms with van der Waals surface area (Å²) in [4.78, 5) is 13.7. The molecule has 1 aliphatic rings. The van der Waals surface area contributed by atoms with Gasteiger partial charge < -0.3 is 19.4 Å².